The summed E-state index contributed by atoms with van der Waals surface area (Å²) < 4.78 is 2.36. The van der Waals surface area contributed by atoms with Gasteiger partial charge in [-0.05, 0) is 123 Å². The van der Waals surface area contributed by atoms with Gasteiger partial charge < -0.3 is 9.47 Å². The van der Waals surface area contributed by atoms with Gasteiger partial charge in [-0.3, -0.25) is 0 Å². The molecule has 0 amide bonds. The molecule has 10 rings (SSSR count). The fourth-order valence-corrected chi connectivity index (χ4v) is 8.63. The molecule has 0 radical (unpaired) electrons. The average molecular weight is 704 g/mol. The molecule has 1 aliphatic carbocycles. The van der Waals surface area contributed by atoms with Crippen molar-refractivity contribution in [3.8, 4) is 45.1 Å². The highest BCUT2D eigenvalue weighted by atomic mass is 15.1. The highest BCUT2D eigenvalue weighted by Crippen LogP contribution is 2.50. The molecule has 1 heterocycles. The van der Waals surface area contributed by atoms with Crippen LogP contribution in [-0.4, -0.2) is 4.57 Å². The molecule has 8 aromatic carbocycles. The molecule has 55 heavy (non-hydrogen) atoms. The number of hydrogen-bond donors (Lipinski definition) is 0. The van der Waals surface area contributed by atoms with Gasteiger partial charge in [0.05, 0.1) is 22.7 Å². The maximum Gasteiger partial charge on any atom is 0.0991 e. The second-order valence-electron chi connectivity index (χ2n) is 14.9. The Balaban J connectivity index is 0.983. The van der Waals surface area contributed by atoms with Gasteiger partial charge in [-0.2, -0.15) is 5.26 Å². The number of rotatable bonds is 6. The van der Waals surface area contributed by atoms with Crippen molar-refractivity contribution < 1.29 is 0 Å². The lowest BCUT2D eigenvalue weighted by molar-refractivity contribution is 0.660. The second-order valence-corrected chi connectivity index (χ2v) is 14.9. The monoisotopic (exact) mass is 703 g/mol. The number of aromatic nitrogens is 1. The summed E-state index contributed by atoms with van der Waals surface area (Å²) in [4.78, 5) is 2.29. The van der Waals surface area contributed by atoms with E-state index in [1.807, 2.05) is 24.3 Å². The predicted molar refractivity (Wildman–Crippen MR) is 229 cm³/mol. The molecule has 1 aliphatic rings. The molecule has 0 spiro atoms. The van der Waals surface area contributed by atoms with Crippen molar-refractivity contribution in [1.82, 2.24) is 4.57 Å². The summed E-state index contributed by atoms with van der Waals surface area (Å²) in [5.41, 5.74) is 17.3. The predicted octanol–water partition coefficient (Wildman–Crippen LogP) is 13.8. The maximum atomic E-state index is 9.53. The Labute approximate surface area is 321 Å². The minimum absolute atomic E-state index is 0.110. The van der Waals surface area contributed by atoms with Gasteiger partial charge in [0.1, 0.15) is 0 Å². The first kappa shape index (κ1) is 32.5. The second kappa shape index (κ2) is 12.8. The zero-order valence-electron chi connectivity index (χ0n) is 30.7. The molecule has 9 aromatic rings. The number of nitriles is 1. The van der Waals surface area contributed by atoms with E-state index in [-0.39, 0.29) is 5.41 Å². The van der Waals surface area contributed by atoms with E-state index in [0.29, 0.717) is 5.56 Å². The number of para-hydroxylation sites is 2. The third kappa shape index (κ3) is 5.34. The van der Waals surface area contributed by atoms with Gasteiger partial charge in [0.15, 0.2) is 0 Å². The SMILES string of the molecule is CC1(C)c2ccccc2-c2ccc(N(c3ccc(C#N)cc3)c3ccc(-c4ccc(-c5ccc6c(c5)c5ccccc5n6-c5ccccc5)cc4)cc3)cc21. The Morgan fingerprint density at radius 1 is 0.455 bits per heavy atom. The van der Waals surface area contributed by atoms with Crippen molar-refractivity contribution in [3.05, 3.63) is 205 Å². The van der Waals surface area contributed by atoms with Crippen molar-refractivity contribution in [2.75, 3.05) is 4.90 Å². The topological polar surface area (TPSA) is 32.0 Å². The normalized spacial score (nSPS) is 12.7. The minimum atomic E-state index is -0.110. The van der Waals surface area contributed by atoms with Crippen molar-refractivity contribution in [2.24, 2.45) is 0 Å². The van der Waals surface area contributed by atoms with Gasteiger partial charge in [-0.1, -0.05) is 123 Å². The van der Waals surface area contributed by atoms with E-state index >= 15 is 0 Å². The Morgan fingerprint density at radius 3 is 1.73 bits per heavy atom. The zero-order valence-corrected chi connectivity index (χ0v) is 30.7. The van der Waals surface area contributed by atoms with Gasteiger partial charge in [0.25, 0.3) is 0 Å². The molecule has 0 bridgehead atoms. The van der Waals surface area contributed by atoms with Gasteiger partial charge >= 0.3 is 0 Å². The van der Waals surface area contributed by atoms with E-state index in [1.165, 1.54) is 66.4 Å². The number of nitrogens with zero attached hydrogens (tertiary/aromatic N) is 3. The summed E-state index contributed by atoms with van der Waals surface area (Å²) >= 11 is 0. The molecule has 0 fully saturated rings. The summed E-state index contributed by atoms with van der Waals surface area (Å²) in [6, 6.07) is 69.5. The average Bonchev–Trinajstić information content (AvgIpc) is 3.69. The summed E-state index contributed by atoms with van der Waals surface area (Å²) in [5.74, 6) is 0. The lowest BCUT2D eigenvalue weighted by Gasteiger charge is -2.28. The van der Waals surface area contributed by atoms with Crippen molar-refractivity contribution >= 4 is 38.9 Å². The molecular weight excluding hydrogens is 667 g/mol. The molecule has 260 valence electrons. The molecule has 1 aromatic heterocycles. The van der Waals surface area contributed by atoms with Gasteiger partial charge in [0.2, 0.25) is 0 Å². The summed E-state index contributed by atoms with van der Waals surface area (Å²) in [6.07, 6.45) is 0. The molecule has 0 aliphatic heterocycles. The van der Waals surface area contributed by atoms with Crippen molar-refractivity contribution in [1.29, 1.82) is 5.26 Å². The molecule has 0 unspecified atom stereocenters. The smallest absolute Gasteiger partial charge is 0.0991 e. The van der Waals surface area contributed by atoms with Crippen LogP contribution < -0.4 is 4.90 Å². The fourth-order valence-electron chi connectivity index (χ4n) is 8.63. The van der Waals surface area contributed by atoms with E-state index in [1.54, 1.807) is 0 Å². The Morgan fingerprint density at radius 2 is 1.00 bits per heavy atom. The number of fused-ring (bicyclic) bond motifs is 6. The molecule has 3 nitrogen and oxygen atoms in total. The van der Waals surface area contributed by atoms with Crippen LogP contribution >= 0.6 is 0 Å². The summed E-state index contributed by atoms with van der Waals surface area (Å²) in [6.45, 7) is 4.63. The molecule has 0 saturated carbocycles. The number of benzene rings is 8. The van der Waals surface area contributed by atoms with E-state index in [4.69, 9.17) is 0 Å². The van der Waals surface area contributed by atoms with E-state index < -0.39 is 0 Å². The van der Waals surface area contributed by atoms with E-state index in [9.17, 15) is 5.26 Å². The lowest BCUT2D eigenvalue weighted by Crippen LogP contribution is -2.16. The first-order chi connectivity index (χ1) is 27.0. The largest absolute Gasteiger partial charge is 0.310 e. The first-order valence-corrected chi connectivity index (χ1v) is 18.8. The summed E-state index contributed by atoms with van der Waals surface area (Å²) in [7, 11) is 0. The Bertz CT molecular complexity index is 2930. The van der Waals surface area contributed by atoms with E-state index in [2.05, 4.69) is 193 Å². The van der Waals surface area contributed by atoms with Gasteiger partial charge in [0, 0.05) is 38.9 Å². The van der Waals surface area contributed by atoms with Crippen LogP contribution in [0.2, 0.25) is 0 Å². The zero-order chi connectivity index (χ0) is 37.1. The maximum absolute atomic E-state index is 9.53. The van der Waals surface area contributed by atoms with E-state index in [0.717, 1.165) is 22.6 Å². The first-order valence-electron chi connectivity index (χ1n) is 18.8. The van der Waals surface area contributed by atoms with Crippen LogP contribution in [-0.2, 0) is 5.41 Å². The van der Waals surface area contributed by atoms with Crippen LogP contribution in [0, 0.1) is 11.3 Å². The third-order valence-corrected chi connectivity index (χ3v) is 11.4. The molecule has 0 N–H and O–H groups in total. The van der Waals surface area contributed by atoms with Gasteiger partial charge in [-0.15, -0.1) is 0 Å². The van der Waals surface area contributed by atoms with Gasteiger partial charge in [-0.25, -0.2) is 0 Å². The Hall–Kier alpha value is -7.15. The number of anilines is 3. The lowest BCUT2D eigenvalue weighted by atomic mass is 9.82. The third-order valence-electron chi connectivity index (χ3n) is 11.4. The van der Waals surface area contributed by atoms with Crippen LogP contribution in [0.5, 0.6) is 0 Å². The standard InChI is InChI=1S/C52H37N3/c1-52(2)48-14-8-6-12-44(48)45-30-29-43(33-49(45)52)54(41-25-16-35(34-53)17-26-41)42-27-22-37(23-28-42)36-18-20-38(21-19-36)39-24-31-51-47(32-39)46-13-7-9-15-50(46)55(51)40-10-4-3-5-11-40/h3-33H,1-2H3. The molecular formula is C52H37N3. The van der Waals surface area contributed by atoms with Crippen LogP contribution in [0.25, 0.3) is 60.9 Å². The fraction of sp³-hybridized carbons (Fsp3) is 0.0577. The highest BCUT2D eigenvalue weighted by Gasteiger charge is 2.35. The molecule has 0 atom stereocenters. The summed E-state index contributed by atoms with van der Waals surface area (Å²) in [5, 5.41) is 12.0. The van der Waals surface area contributed by atoms with Crippen molar-refractivity contribution in [2.45, 2.75) is 19.3 Å². The minimum Gasteiger partial charge on any atom is -0.310 e. The van der Waals surface area contributed by atoms with Crippen LogP contribution in [0.1, 0.15) is 30.5 Å². The van der Waals surface area contributed by atoms with Crippen LogP contribution in [0.3, 0.4) is 0 Å². The Kier molecular flexibility index (Phi) is 7.54. The van der Waals surface area contributed by atoms with Crippen LogP contribution in [0.4, 0.5) is 17.1 Å². The quantitative estimate of drug-likeness (QED) is 0.173. The molecule has 0 saturated heterocycles. The van der Waals surface area contributed by atoms with Crippen LogP contribution in [0.15, 0.2) is 188 Å². The van der Waals surface area contributed by atoms with Crippen molar-refractivity contribution in [3.63, 3.8) is 0 Å². The molecule has 3 heteroatoms. The highest BCUT2D eigenvalue weighted by molar-refractivity contribution is 6.10. The number of hydrogen-bond acceptors (Lipinski definition) is 2.